The number of nitrogens with zero attached hydrogens (tertiary/aromatic N) is 1. The number of carbonyl (C=O) groups is 1. The lowest BCUT2D eigenvalue weighted by Crippen LogP contribution is -2.25. The van der Waals surface area contributed by atoms with E-state index in [-0.39, 0.29) is 12.3 Å². The summed E-state index contributed by atoms with van der Waals surface area (Å²) >= 11 is 0. The fourth-order valence-electron chi connectivity index (χ4n) is 2.49. The van der Waals surface area contributed by atoms with E-state index in [0.717, 1.165) is 16.2 Å². The third-order valence-electron chi connectivity index (χ3n) is 3.37. The first-order chi connectivity index (χ1) is 9.16. The molecule has 1 aromatic rings. The van der Waals surface area contributed by atoms with Gasteiger partial charge in [-0.2, -0.15) is 0 Å². The SMILES string of the molecule is O=C(O)CC1C=CC=C2C1=Cc1ccccc1N2[O-]. The predicted octanol–water partition coefficient (Wildman–Crippen LogP) is 2.93. The van der Waals surface area contributed by atoms with Crippen LogP contribution in [0.4, 0.5) is 5.69 Å². The molecular formula is C15H12NO3-. The smallest absolute Gasteiger partial charge is 0.304 e. The number of carboxylic acids is 1. The van der Waals surface area contributed by atoms with Crippen molar-refractivity contribution in [2.24, 2.45) is 5.92 Å². The van der Waals surface area contributed by atoms with Crippen molar-refractivity contribution in [3.8, 4) is 0 Å². The number of rotatable bonds is 2. The molecule has 0 saturated carbocycles. The summed E-state index contributed by atoms with van der Waals surface area (Å²) in [4.78, 5) is 10.9. The van der Waals surface area contributed by atoms with E-state index in [4.69, 9.17) is 5.11 Å². The Morgan fingerprint density at radius 3 is 2.95 bits per heavy atom. The van der Waals surface area contributed by atoms with Crippen LogP contribution in [0.25, 0.3) is 6.08 Å². The number of para-hydroxylation sites is 1. The number of anilines is 1. The first kappa shape index (κ1) is 11.7. The average Bonchev–Trinajstić information content (AvgIpc) is 2.40. The quantitative estimate of drug-likeness (QED) is 0.881. The van der Waals surface area contributed by atoms with E-state index in [1.54, 1.807) is 18.2 Å². The molecule has 19 heavy (non-hydrogen) atoms. The van der Waals surface area contributed by atoms with E-state index < -0.39 is 5.97 Å². The minimum absolute atomic E-state index is 0.00429. The van der Waals surface area contributed by atoms with Gasteiger partial charge in [0.1, 0.15) is 0 Å². The largest absolute Gasteiger partial charge is 0.754 e. The van der Waals surface area contributed by atoms with Crippen molar-refractivity contribution in [1.29, 1.82) is 0 Å². The molecule has 1 atom stereocenters. The van der Waals surface area contributed by atoms with Crippen LogP contribution in [-0.2, 0) is 4.79 Å². The Balaban J connectivity index is 2.08. The third kappa shape index (κ3) is 1.96. The van der Waals surface area contributed by atoms with Crippen LogP contribution in [0.5, 0.6) is 0 Å². The average molecular weight is 254 g/mol. The second kappa shape index (κ2) is 4.40. The fourth-order valence-corrected chi connectivity index (χ4v) is 2.49. The lowest BCUT2D eigenvalue weighted by molar-refractivity contribution is -0.137. The number of hydroxylamine groups is 1. The van der Waals surface area contributed by atoms with E-state index in [1.807, 2.05) is 30.4 Å². The lowest BCUT2D eigenvalue weighted by Gasteiger charge is -2.41. The maximum Gasteiger partial charge on any atom is 0.304 e. The van der Waals surface area contributed by atoms with Crippen LogP contribution >= 0.6 is 0 Å². The van der Waals surface area contributed by atoms with Crippen LogP contribution in [0.15, 0.2) is 53.8 Å². The van der Waals surface area contributed by atoms with Crippen LogP contribution in [-0.4, -0.2) is 11.1 Å². The number of hydrogen-bond acceptors (Lipinski definition) is 3. The summed E-state index contributed by atoms with van der Waals surface area (Å²) in [6, 6.07) is 7.31. The molecule has 2 aliphatic rings. The number of aliphatic carboxylic acids is 1. The molecule has 3 rings (SSSR count). The molecule has 0 bridgehead atoms. The summed E-state index contributed by atoms with van der Waals surface area (Å²) in [5.74, 6) is -1.12. The normalized spacial score (nSPS) is 20.3. The van der Waals surface area contributed by atoms with Gasteiger partial charge in [0.15, 0.2) is 0 Å². The van der Waals surface area contributed by atoms with E-state index in [0.29, 0.717) is 11.4 Å². The van der Waals surface area contributed by atoms with Crippen molar-refractivity contribution in [3.05, 3.63) is 64.5 Å². The molecule has 4 heteroatoms. The third-order valence-corrected chi connectivity index (χ3v) is 3.37. The minimum atomic E-state index is -0.867. The van der Waals surface area contributed by atoms with Gasteiger partial charge in [-0.3, -0.25) is 4.79 Å². The zero-order chi connectivity index (χ0) is 13.4. The molecule has 0 fully saturated rings. The molecule has 4 nitrogen and oxygen atoms in total. The summed E-state index contributed by atoms with van der Waals surface area (Å²) in [6.07, 6.45) is 7.21. The maximum absolute atomic E-state index is 12.3. The number of fused-ring (bicyclic) bond motifs is 2. The number of benzene rings is 1. The highest BCUT2D eigenvalue weighted by Crippen LogP contribution is 2.40. The number of hydrogen-bond donors (Lipinski definition) is 1. The van der Waals surface area contributed by atoms with Gasteiger partial charge in [-0.1, -0.05) is 30.4 Å². The predicted molar refractivity (Wildman–Crippen MR) is 73.2 cm³/mol. The van der Waals surface area contributed by atoms with Gasteiger partial charge in [-0.25, -0.2) is 0 Å². The molecule has 0 radical (unpaired) electrons. The van der Waals surface area contributed by atoms with Crippen LogP contribution in [0.2, 0.25) is 0 Å². The van der Waals surface area contributed by atoms with Crippen molar-refractivity contribution in [3.63, 3.8) is 0 Å². The summed E-state index contributed by atoms with van der Waals surface area (Å²) in [5, 5.41) is 22.1. The van der Waals surface area contributed by atoms with E-state index in [9.17, 15) is 10.0 Å². The fraction of sp³-hybridized carbons (Fsp3) is 0.133. The van der Waals surface area contributed by atoms with Crippen molar-refractivity contribution in [1.82, 2.24) is 0 Å². The van der Waals surface area contributed by atoms with Gasteiger partial charge in [0, 0.05) is 17.3 Å². The van der Waals surface area contributed by atoms with Crippen molar-refractivity contribution < 1.29 is 9.90 Å². The second-order valence-corrected chi connectivity index (χ2v) is 4.59. The molecule has 0 saturated heterocycles. The Morgan fingerprint density at radius 2 is 2.16 bits per heavy atom. The minimum Gasteiger partial charge on any atom is -0.754 e. The van der Waals surface area contributed by atoms with E-state index in [2.05, 4.69) is 0 Å². The summed E-state index contributed by atoms with van der Waals surface area (Å²) in [6.45, 7) is 0. The Kier molecular flexibility index (Phi) is 2.72. The lowest BCUT2D eigenvalue weighted by atomic mass is 9.85. The summed E-state index contributed by atoms with van der Waals surface area (Å²) in [7, 11) is 0. The van der Waals surface area contributed by atoms with Gasteiger partial charge in [0.05, 0.1) is 6.42 Å². The first-order valence-electron chi connectivity index (χ1n) is 6.05. The molecule has 0 spiro atoms. The van der Waals surface area contributed by atoms with Crippen LogP contribution in [0.3, 0.4) is 0 Å². The molecule has 1 heterocycles. The first-order valence-corrected chi connectivity index (χ1v) is 6.05. The van der Waals surface area contributed by atoms with Crippen LogP contribution < -0.4 is 5.06 Å². The monoisotopic (exact) mass is 254 g/mol. The highest BCUT2D eigenvalue weighted by molar-refractivity contribution is 5.82. The molecule has 1 N–H and O–H groups in total. The van der Waals surface area contributed by atoms with Crippen molar-refractivity contribution >= 4 is 17.7 Å². The molecule has 1 aromatic carbocycles. The molecule has 0 amide bonds. The summed E-state index contributed by atoms with van der Waals surface area (Å²) in [5.41, 5.74) is 2.74. The molecule has 0 aromatic heterocycles. The number of allylic oxidation sites excluding steroid dienone is 4. The van der Waals surface area contributed by atoms with Gasteiger partial charge in [0.25, 0.3) is 0 Å². The summed E-state index contributed by atoms with van der Waals surface area (Å²) < 4.78 is 0. The number of carboxylic acid groups (broad SMARTS) is 1. The Labute approximate surface area is 110 Å². The highest BCUT2D eigenvalue weighted by atomic mass is 16.5. The van der Waals surface area contributed by atoms with Crippen molar-refractivity contribution in [2.75, 3.05) is 5.06 Å². The van der Waals surface area contributed by atoms with Crippen LogP contribution in [0.1, 0.15) is 12.0 Å². The van der Waals surface area contributed by atoms with Crippen molar-refractivity contribution in [2.45, 2.75) is 6.42 Å². The molecule has 1 aliphatic heterocycles. The second-order valence-electron chi connectivity index (χ2n) is 4.59. The highest BCUT2D eigenvalue weighted by Gasteiger charge is 2.25. The van der Waals surface area contributed by atoms with Crippen LogP contribution in [0, 0.1) is 11.1 Å². The zero-order valence-electron chi connectivity index (χ0n) is 10.1. The molecule has 96 valence electrons. The van der Waals surface area contributed by atoms with Gasteiger partial charge in [-0.15, -0.1) is 0 Å². The van der Waals surface area contributed by atoms with Gasteiger partial charge in [0.2, 0.25) is 0 Å². The Hall–Kier alpha value is -2.33. The van der Waals surface area contributed by atoms with E-state index >= 15 is 0 Å². The topological polar surface area (TPSA) is 63.6 Å². The molecular weight excluding hydrogens is 242 g/mol. The van der Waals surface area contributed by atoms with E-state index in [1.165, 1.54) is 0 Å². The van der Waals surface area contributed by atoms with Gasteiger partial charge < -0.3 is 15.4 Å². The Morgan fingerprint density at radius 1 is 1.37 bits per heavy atom. The molecule has 1 aliphatic carbocycles. The standard InChI is InChI=1S/C15H12NO3/c17-15(18)9-10-5-3-7-14-12(10)8-11-4-1-2-6-13(11)16(14)19/h1-8,10H,9H2,(H,17,18)/q-1. The molecule has 1 unspecified atom stereocenters. The maximum atomic E-state index is 12.3. The van der Waals surface area contributed by atoms with Gasteiger partial charge >= 0.3 is 5.97 Å². The zero-order valence-corrected chi connectivity index (χ0v) is 10.1. The Bertz CT molecular complexity index is 628. The van der Waals surface area contributed by atoms with Gasteiger partial charge in [-0.05, 0) is 29.4 Å².